The number of amides is 1. The molecule has 0 bridgehead atoms. The normalized spacial score (nSPS) is 17.3. The molecule has 1 aliphatic rings. The first-order chi connectivity index (χ1) is 16.8. The van der Waals surface area contributed by atoms with Crippen molar-refractivity contribution < 1.29 is 19.1 Å². The van der Waals surface area contributed by atoms with E-state index < -0.39 is 5.54 Å². The summed E-state index contributed by atoms with van der Waals surface area (Å²) in [5.74, 6) is 0.750. The quantitative estimate of drug-likeness (QED) is 0.368. The number of fused-ring (bicyclic) bond motifs is 3. The number of ketones is 1. The zero-order chi connectivity index (χ0) is 24.7. The Morgan fingerprint density at radius 2 is 1.91 bits per heavy atom. The molecule has 9 heteroatoms. The molecule has 0 saturated heterocycles. The number of hydrogen-bond acceptors (Lipinski definition) is 6. The maximum absolute atomic E-state index is 13.6. The van der Waals surface area contributed by atoms with Crippen molar-refractivity contribution >= 4 is 45.7 Å². The van der Waals surface area contributed by atoms with E-state index in [-0.39, 0.29) is 23.3 Å². The number of aromatic nitrogens is 2. The summed E-state index contributed by atoms with van der Waals surface area (Å²) in [6, 6.07) is 14.3. The summed E-state index contributed by atoms with van der Waals surface area (Å²) in [5.41, 5.74) is 1.42. The Bertz CT molecular complexity index is 1450. The van der Waals surface area contributed by atoms with Gasteiger partial charge in [0.15, 0.2) is 5.78 Å². The highest BCUT2D eigenvalue weighted by Crippen LogP contribution is 2.41. The molecule has 2 N–H and O–H groups in total. The van der Waals surface area contributed by atoms with Crippen molar-refractivity contribution in [1.82, 2.24) is 9.97 Å². The molecule has 2 aromatic heterocycles. The lowest BCUT2D eigenvalue weighted by atomic mass is 9.95. The van der Waals surface area contributed by atoms with Crippen LogP contribution in [0.5, 0.6) is 11.5 Å². The van der Waals surface area contributed by atoms with Crippen LogP contribution in [0.1, 0.15) is 22.8 Å². The fourth-order valence-electron chi connectivity index (χ4n) is 4.35. The van der Waals surface area contributed by atoms with E-state index in [4.69, 9.17) is 21.1 Å². The number of carbonyl (C=O) groups excluding carboxylic acids is 2. The fourth-order valence-corrected chi connectivity index (χ4v) is 4.61. The molecular weight excluding hydrogens is 468 g/mol. The molecule has 35 heavy (non-hydrogen) atoms. The number of anilines is 2. The second kappa shape index (κ2) is 8.72. The smallest absolute Gasteiger partial charge is 0.254 e. The van der Waals surface area contributed by atoms with Crippen molar-refractivity contribution in [2.75, 3.05) is 31.0 Å². The van der Waals surface area contributed by atoms with Crippen LogP contribution in [0.25, 0.3) is 11.0 Å². The van der Waals surface area contributed by atoms with Crippen molar-refractivity contribution in [3.8, 4) is 11.5 Å². The van der Waals surface area contributed by atoms with Gasteiger partial charge in [-0.05, 0) is 31.2 Å². The van der Waals surface area contributed by atoms with Gasteiger partial charge >= 0.3 is 0 Å². The number of rotatable bonds is 6. The molecule has 3 heterocycles. The fraction of sp³-hybridized carbons (Fsp3) is 0.192. The largest absolute Gasteiger partial charge is 0.457 e. The zero-order valence-corrected chi connectivity index (χ0v) is 20.1. The van der Waals surface area contributed by atoms with Gasteiger partial charge in [-0.3, -0.25) is 9.59 Å². The van der Waals surface area contributed by atoms with Crippen LogP contribution in [-0.2, 0) is 9.53 Å². The van der Waals surface area contributed by atoms with Crippen LogP contribution in [0, 0.1) is 0 Å². The number of nitrogens with one attached hydrogen (secondary N) is 2. The number of carbonyl (C=O) groups is 2. The van der Waals surface area contributed by atoms with Crippen molar-refractivity contribution in [2.24, 2.45) is 0 Å². The lowest BCUT2D eigenvalue weighted by molar-refractivity contribution is -0.124. The van der Waals surface area contributed by atoms with Crippen LogP contribution in [0.15, 0.2) is 60.9 Å². The first-order valence-corrected chi connectivity index (χ1v) is 11.3. The van der Waals surface area contributed by atoms with Gasteiger partial charge in [0.25, 0.3) is 5.91 Å². The highest BCUT2D eigenvalue weighted by molar-refractivity contribution is 6.36. The molecule has 4 aromatic rings. The Hall–Kier alpha value is -3.88. The van der Waals surface area contributed by atoms with Crippen molar-refractivity contribution in [1.29, 1.82) is 0 Å². The molecule has 0 aliphatic carbocycles. The highest BCUT2D eigenvalue weighted by atomic mass is 35.5. The third-order valence-corrected chi connectivity index (χ3v) is 6.37. The molecule has 8 nitrogen and oxygen atoms in total. The molecule has 0 saturated carbocycles. The summed E-state index contributed by atoms with van der Waals surface area (Å²) in [6.07, 6.45) is 3.21. The number of benzene rings is 2. The number of hydrogen-bond donors (Lipinski definition) is 2. The molecule has 5 rings (SSSR count). The molecule has 1 atom stereocenters. The van der Waals surface area contributed by atoms with Gasteiger partial charge < -0.3 is 24.7 Å². The van der Waals surface area contributed by atoms with Gasteiger partial charge in [-0.15, -0.1) is 0 Å². The van der Waals surface area contributed by atoms with Crippen LogP contribution in [0.2, 0.25) is 5.02 Å². The van der Waals surface area contributed by atoms with Gasteiger partial charge in [-0.25, -0.2) is 4.98 Å². The van der Waals surface area contributed by atoms with Crippen molar-refractivity contribution in [3.05, 3.63) is 77.1 Å². The maximum Gasteiger partial charge on any atom is 0.254 e. The van der Waals surface area contributed by atoms with Gasteiger partial charge in [0.2, 0.25) is 0 Å². The van der Waals surface area contributed by atoms with Gasteiger partial charge in [-0.2, -0.15) is 0 Å². The second-order valence-electron chi connectivity index (χ2n) is 8.58. The minimum Gasteiger partial charge on any atom is -0.457 e. The average Bonchev–Trinajstić information content (AvgIpc) is 3.28. The van der Waals surface area contributed by atoms with E-state index in [0.29, 0.717) is 45.0 Å². The number of pyridine rings is 1. The number of aromatic amines is 1. The maximum atomic E-state index is 13.6. The molecule has 1 amide bonds. The van der Waals surface area contributed by atoms with Crippen LogP contribution < -0.4 is 15.0 Å². The predicted octanol–water partition coefficient (Wildman–Crippen LogP) is 5.03. The van der Waals surface area contributed by atoms with Crippen LogP contribution in [0.4, 0.5) is 11.4 Å². The summed E-state index contributed by atoms with van der Waals surface area (Å²) in [4.78, 5) is 35.6. The van der Waals surface area contributed by atoms with Crippen molar-refractivity contribution in [3.63, 3.8) is 0 Å². The van der Waals surface area contributed by atoms with Crippen molar-refractivity contribution in [2.45, 2.75) is 12.5 Å². The van der Waals surface area contributed by atoms with E-state index in [9.17, 15) is 9.59 Å². The van der Waals surface area contributed by atoms with E-state index in [1.54, 1.807) is 44.6 Å². The second-order valence-corrected chi connectivity index (χ2v) is 8.99. The molecule has 1 aliphatic heterocycles. The lowest BCUT2D eigenvalue weighted by Crippen LogP contribution is -2.57. The van der Waals surface area contributed by atoms with E-state index in [1.165, 1.54) is 12.0 Å². The Morgan fingerprint density at radius 1 is 1.14 bits per heavy atom. The first-order valence-electron chi connectivity index (χ1n) is 10.9. The number of methoxy groups -OCH3 is 1. The SMILES string of the molecule is COC[C@]1(C)Nc2c(cnc3[nH]cc(C(=O)c4ccc(Oc5ccccc5)cc4Cl)c23)N(C)C1=O. The molecule has 0 spiro atoms. The Morgan fingerprint density at radius 3 is 2.63 bits per heavy atom. The van der Waals surface area contributed by atoms with E-state index in [0.717, 1.165) is 0 Å². The van der Waals surface area contributed by atoms with Crippen LogP contribution in [-0.4, -0.2) is 48.0 Å². The number of ether oxygens (including phenoxy) is 2. The third kappa shape index (κ3) is 3.90. The Kier molecular flexibility index (Phi) is 5.70. The predicted molar refractivity (Wildman–Crippen MR) is 135 cm³/mol. The Balaban J connectivity index is 1.55. The van der Waals surface area contributed by atoms with Gasteiger partial charge in [0.1, 0.15) is 22.7 Å². The average molecular weight is 491 g/mol. The Labute approximate surface area is 206 Å². The summed E-state index contributed by atoms with van der Waals surface area (Å²) < 4.78 is 11.1. The molecular formula is C26H23ClN4O4. The topological polar surface area (TPSA) is 96.5 Å². The van der Waals surface area contributed by atoms with Gasteiger partial charge in [0, 0.05) is 32.0 Å². The summed E-state index contributed by atoms with van der Waals surface area (Å²) in [5, 5.41) is 4.14. The molecule has 0 unspecified atom stereocenters. The number of halogens is 1. The molecule has 2 aromatic carbocycles. The minimum atomic E-state index is -1.00. The highest BCUT2D eigenvalue weighted by Gasteiger charge is 2.42. The number of para-hydroxylation sites is 1. The standard InChI is InChI=1S/C26H23ClN4O4/c1-26(14-34-3)25(33)31(2)20-13-29-24-21(22(20)30-26)18(12-28-24)23(32)17-10-9-16(11-19(17)27)35-15-7-5-4-6-8-15/h4-13,30H,14H2,1-3H3,(H,28,29)/t26-/m0/s1. The summed E-state index contributed by atoms with van der Waals surface area (Å²) in [6.45, 7) is 1.92. The monoisotopic (exact) mass is 490 g/mol. The lowest BCUT2D eigenvalue weighted by Gasteiger charge is -2.40. The number of H-pyrrole nitrogens is 1. The summed E-state index contributed by atoms with van der Waals surface area (Å²) >= 11 is 6.52. The van der Waals surface area contributed by atoms with E-state index in [1.807, 2.05) is 30.3 Å². The molecule has 0 radical (unpaired) electrons. The third-order valence-electron chi connectivity index (χ3n) is 6.06. The zero-order valence-electron chi connectivity index (χ0n) is 19.4. The molecule has 0 fully saturated rings. The summed E-state index contributed by atoms with van der Waals surface area (Å²) in [7, 11) is 3.22. The minimum absolute atomic E-state index is 0.155. The van der Waals surface area contributed by atoms with Crippen LogP contribution in [0.3, 0.4) is 0 Å². The van der Waals surface area contributed by atoms with E-state index in [2.05, 4.69) is 15.3 Å². The first kappa shape index (κ1) is 22.9. The number of likely N-dealkylation sites (N-methyl/N-ethyl adjacent to an activating group) is 1. The van der Waals surface area contributed by atoms with E-state index >= 15 is 0 Å². The van der Waals surface area contributed by atoms with Gasteiger partial charge in [0.05, 0.1) is 40.2 Å². The van der Waals surface area contributed by atoms with Gasteiger partial charge in [-0.1, -0.05) is 29.8 Å². The van der Waals surface area contributed by atoms with Crippen LogP contribution >= 0.6 is 11.6 Å². The number of nitrogens with zero attached hydrogens (tertiary/aromatic N) is 2. The molecule has 178 valence electrons.